The van der Waals surface area contributed by atoms with Gasteiger partial charge in [-0.15, -0.1) is 0 Å². The van der Waals surface area contributed by atoms with Gasteiger partial charge < -0.3 is 15.4 Å². The molecule has 1 fully saturated rings. The van der Waals surface area contributed by atoms with Gasteiger partial charge in [0.15, 0.2) is 0 Å². The number of anilines is 1. The SMILES string of the molecule is NCc1cc(N2CCOCC2)ccc1F. The molecule has 1 saturated heterocycles. The van der Waals surface area contributed by atoms with Crippen LogP contribution in [0.3, 0.4) is 0 Å². The van der Waals surface area contributed by atoms with Crippen molar-refractivity contribution in [2.24, 2.45) is 5.73 Å². The van der Waals surface area contributed by atoms with Crippen LogP contribution < -0.4 is 10.6 Å². The zero-order valence-corrected chi connectivity index (χ0v) is 8.58. The second-order valence-electron chi connectivity index (χ2n) is 3.58. The van der Waals surface area contributed by atoms with E-state index in [1.807, 2.05) is 6.07 Å². The van der Waals surface area contributed by atoms with Crippen molar-refractivity contribution in [1.82, 2.24) is 0 Å². The molecule has 2 rings (SSSR count). The Balaban J connectivity index is 2.20. The third kappa shape index (κ3) is 2.27. The average molecular weight is 210 g/mol. The van der Waals surface area contributed by atoms with Crippen molar-refractivity contribution in [3.63, 3.8) is 0 Å². The Bertz CT molecular complexity index is 337. The van der Waals surface area contributed by atoms with Gasteiger partial charge in [-0.3, -0.25) is 0 Å². The molecule has 0 radical (unpaired) electrons. The topological polar surface area (TPSA) is 38.5 Å². The van der Waals surface area contributed by atoms with Crippen LogP contribution in [0.1, 0.15) is 5.56 Å². The smallest absolute Gasteiger partial charge is 0.127 e. The number of rotatable bonds is 2. The van der Waals surface area contributed by atoms with Crippen LogP contribution in [0.5, 0.6) is 0 Å². The first-order valence-corrected chi connectivity index (χ1v) is 5.12. The molecular weight excluding hydrogens is 195 g/mol. The Labute approximate surface area is 88.6 Å². The Morgan fingerprint density at radius 1 is 1.33 bits per heavy atom. The average Bonchev–Trinajstić information content (AvgIpc) is 2.31. The summed E-state index contributed by atoms with van der Waals surface area (Å²) in [4.78, 5) is 2.18. The van der Waals surface area contributed by atoms with Gasteiger partial charge in [-0.25, -0.2) is 4.39 Å². The number of hydrogen-bond acceptors (Lipinski definition) is 3. The molecule has 0 aliphatic carbocycles. The molecule has 1 aromatic carbocycles. The van der Waals surface area contributed by atoms with E-state index in [4.69, 9.17) is 10.5 Å². The van der Waals surface area contributed by atoms with E-state index in [1.165, 1.54) is 6.07 Å². The number of nitrogens with zero attached hydrogens (tertiary/aromatic N) is 1. The van der Waals surface area contributed by atoms with Gasteiger partial charge in [0.05, 0.1) is 13.2 Å². The quantitative estimate of drug-likeness (QED) is 0.795. The molecule has 1 heterocycles. The molecule has 2 N–H and O–H groups in total. The predicted molar refractivity (Wildman–Crippen MR) is 57.3 cm³/mol. The maximum atomic E-state index is 13.2. The maximum Gasteiger partial charge on any atom is 0.127 e. The van der Waals surface area contributed by atoms with E-state index in [2.05, 4.69) is 4.90 Å². The van der Waals surface area contributed by atoms with Crippen LogP contribution in [0.4, 0.5) is 10.1 Å². The summed E-state index contributed by atoms with van der Waals surface area (Å²) in [6.07, 6.45) is 0. The lowest BCUT2D eigenvalue weighted by atomic mass is 10.1. The molecule has 82 valence electrons. The third-order valence-electron chi connectivity index (χ3n) is 2.63. The van der Waals surface area contributed by atoms with Gasteiger partial charge in [-0.2, -0.15) is 0 Å². The minimum atomic E-state index is -0.227. The van der Waals surface area contributed by atoms with Gasteiger partial charge in [0.25, 0.3) is 0 Å². The van der Waals surface area contributed by atoms with E-state index in [0.29, 0.717) is 5.56 Å². The van der Waals surface area contributed by atoms with Gasteiger partial charge >= 0.3 is 0 Å². The first-order chi connectivity index (χ1) is 7.31. The lowest BCUT2D eigenvalue weighted by Gasteiger charge is -2.29. The van der Waals surface area contributed by atoms with Crippen molar-refractivity contribution in [1.29, 1.82) is 0 Å². The van der Waals surface area contributed by atoms with Gasteiger partial charge in [0.2, 0.25) is 0 Å². The molecular formula is C11H15FN2O. The first kappa shape index (κ1) is 10.4. The minimum absolute atomic E-state index is 0.227. The van der Waals surface area contributed by atoms with Crippen molar-refractivity contribution in [2.75, 3.05) is 31.2 Å². The molecule has 4 heteroatoms. The highest BCUT2D eigenvalue weighted by Gasteiger charge is 2.12. The maximum absolute atomic E-state index is 13.2. The summed E-state index contributed by atoms with van der Waals surface area (Å²) >= 11 is 0. The second-order valence-corrected chi connectivity index (χ2v) is 3.58. The van der Waals surface area contributed by atoms with Crippen LogP contribution in [0.2, 0.25) is 0 Å². The summed E-state index contributed by atoms with van der Waals surface area (Å²) < 4.78 is 18.5. The van der Waals surface area contributed by atoms with Gasteiger partial charge in [-0.1, -0.05) is 0 Å². The van der Waals surface area contributed by atoms with E-state index in [1.54, 1.807) is 6.07 Å². The number of hydrogen-bond donors (Lipinski definition) is 1. The van der Waals surface area contributed by atoms with Crippen molar-refractivity contribution in [2.45, 2.75) is 6.54 Å². The highest BCUT2D eigenvalue weighted by atomic mass is 19.1. The van der Waals surface area contributed by atoms with E-state index < -0.39 is 0 Å². The zero-order valence-electron chi connectivity index (χ0n) is 8.58. The van der Waals surface area contributed by atoms with Crippen LogP contribution in [0.25, 0.3) is 0 Å². The van der Waals surface area contributed by atoms with E-state index >= 15 is 0 Å². The standard InChI is InChI=1S/C11H15FN2O/c12-11-2-1-10(7-9(11)8-13)14-3-5-15-6-4-14/h1-2,7H,3-6,8,13H2. The highest BCUT2D eigenvalue weighted by molar-refractivity contribution is 5.49. The molecule has 1 aliphatic rings. The van der Waals surface area contributed by atoms with Crippen LogP contribution in [-0.4, -0.2) is 26.3 Å². The number of ether oxygens (including phenoxy) is 1. The van der Waals surface area contributed by atoms with Crippen LogP contribution in [-0.2, 0) is 11.3 Å². The van der Waals surface area contributed by atoms with E-state index in [-0.39, 0.29) is 12.4 Å². The molecule has 0 bridgehead atoms. The third-order valence-corrected chi connectivity index (χ3v) is 2.63. The first-order valence-electron chi connectivity index (χ1n) is 5.12. The van der Waals surface area contributed by atoms with Gasteiger partial charge in [0, 0.05) is 30.9 Å². The van der Waals surface area contributed by atoms with Gasteiger partial charge in [0.1, 0.15) is 5.82 Å². The number of halogens is 1. The minimum Gasteiger partial charge on any atom is -0.378 e. The van der Waals surface area contributed by atoms with E-state index in [9.17, 15) is 4.39 Å². The normalized spacial score (nSPS) is 16.8. The summed E-state index contributed by atoms with van der Waals surface area (Å²) in [5.74, 6) is -0.227. The van der Waals surface area contributed by atoms with Crippen LogP contribution in [0.15, 0.2) is 18.2 Å². The second kappa shape index (κ2) is 4.59. The molecule has 0 atom stereocenters. The molecule has 0 amide bonds. The van der Waals surface area contributed by atoms with E-state index in [0.717, 1.165) is 32.0 Å². The lowest BCUT2D eigenvalue weighted by molar-refractivity contribution is 0.122. The number of benzene rings is 1. The highest BCUT2D eigenvalue weighted by Crippen LogP contribution is 2.19. The Morgan fingerprint density at radius 3 is 2.73 bits per heavy atom. The molecule has 15 heavy (non-hydrogen) atoms. The number of nitrogens with two attached hydrogens (primary N) is 1. The monoisotopic (exact) mass is 210 g/mol. The summed E-state index contributed by atoms with van der Waals surface area (Å²) in [6, 6.07) is 5.09. The molecule has 3 nitrogen and oxygen atoms in total. The van der Waals surface area contributed by atoms with Crippen molar-refractivity contribution in [3.05, 3.63) is 29.6 Å². The summed E-state index contributed by atoms with van der Waals surface area (Å²) in [6.45, 7) is 3.42. The summed E-state index contributed by atoms with van der Waals surface area (Å²) in [5.41, 5.74) is 7.06. The molecule has 0 aromatic heterocycles. The van der Waals surface area contributed by atoms with Crippen LogP contribution in [0, 0.1) is 5.82 Å². The summed E-state index contributed by atoms with van der Waals surface area (Å²) in [7, 11) is 0. The largest absolute Gasteiger partial charge is 0.378 e. The van der Waals surface area contributed by atoms with Crippen LogP contribution >= 0.6 is 0 Å². The number of morpholine rings is 1. The lowest BCUT2D eigenvalue weighted by Crippen LogP contribution is -2.36. The fraction of sp³-hybridized carbons (Fsp3) is 0.455. The summed E-state index contributed by atoms with van der Waals surface area (Å²) in [5, 5.41) is 0. The molecule has 1 aliphatic heterocycles. The molecule has 1 aromatic rings. The Morgan fingerprint density at radius 2 is 2.07 bits per heavy atom. The molecule has 0 unspecified atom stereocenters. The fourth-order valence-corrected chi connectivity index (χ4v) is 1.74. The Hall–Kier alpha value is -1.13. The van der Waals surface area contributed by atoms with Crippen molar-refractivity contribution >= 4 is 5.69 Å². The van der Waals surface area contributed by atoms with Crippen molar-refractivity contribution in [3.8, 4) is 0 Å². The predicted octanol–water partition coefficient (Wildman–Crippen LogP) is 1.12. The van der Waals surface area contributed by atoms with Gasteiger partial charge in [-0.05, 0) is 18.2 Å². The molecule has 0 saturated carbocycles. The Kier molecular flexibility index (Phi) is 3.18. The fourth-order valence-electron chi connectivity index (χ4n) is 1.74. The van der Waals surface area contributed by atoms with Crippen molar-refractivity contribution < 1.29 is 9.13 Å². The zero-order chi connectivity index (χ0) is 10.7. The molecule has 0 spiro atoms.